The van der Waals surface area contributed by atoms with Crippen molar-refractivity contribution in [2.45, 2.75) is 6.42 Å². The van der Waals surface area contributed by atoms with E-state index in [0.29, 0.717) is 27.7 Å². The van der Waals surface area contributed by atoms with Gasteiger partial charge in [0.2, 0.25) is 0 Å². The average molecular weight is 335 g/mol. The van der Waals surface area contributed by atoms with Crippen LogP contribution in [-0.2, 0) is 6.42 Å². The second-order valence-electron chi connectivity index (χ2n) is 4.71. The molecule has 0 unspecified atom stereocenters. The van der Waals surface area contributed by atoms with Crippen molar-refractivity contribution in [2.24, 2.45) is 0 Å². The van der Waals surface area contributed by atoms with E-state index in [1.165, 1.54) is 24.7 Å². The summed E-state index contributed by atoms with van der Waals surface area (Å²) < 4.78 is 26.5. The summed E-state index contributed by atoms with van der Waals surface area (Å²) >= 11 is 5.73. The van der Waals surface area contributed by atoms with Gasteiger partial charge in [-0.15, -0.1) is 0 Å². The Labute approximate surface area is 134 Å². The fourth-order valence-corrected chi connectivity index (χ4v) is 2.16. The predicted octanol–water partition coefficient (Wildman–Crippen LogP) is 2.75. The van der Waals surface area contributed by atoms with Gasteiger partial charge in [-0.2, -0.15) is 0 Å². The smallest absolute Gasteiger partial charge is 0.305 e. The van der Waals surface area contributed by atoms with E-state index < -0.39 is 17.3 Å². The van der Waals surface area contributed by atoms with Gasteiger partial charge in [-0.25, -0.2) is 28.5 Å². The van der Waals surface area contributed by atoms with E-state index in [1.54, 1.807) is 0 Å². The molecule has 0 saturated heterocycles. The number of nitrogens with zero attached hydrogens (tertiary/aromatic N) is 3. The molecule has 3 rings (SSSR count). The molecule has 2 heterocycles. The van der Waals surface area contributed by atoms with Crippen LogP contribution in [0, 0.1) is 11.6 Å². The molecule has 0 saturated carbocycles. The summed E-state index contributed by atoms with van der Waals surface area (Å²) in [5.74, 6) is -1.52. The standard InChI is InChI=1S/C15H9ClF2N4O/c16-10-6-19-13(20-7-10)4-9-5-21-15(23)22-14(9)8-1-2-11(17)12(18)3-8/h1-3,5-7H,4H2,(H,21,22,23). The lowest BCUT2D eigenvalue weighted by Crippen LogP contribution is -2.13. The molecule has 2 aromatic heterocycles. The highest BCUT2D eigenvalue weighted by atomic mass is 35.5. The number of hydrogen-bond donors (Lipinski definition) is 1. The van der Waals surface area contributed by atoms with Gasteiger partial charge >= 0.3 is 5.69 Å². The summed E-state index contributed by atoms with van der Waals surface area (Å²) in [6, 6.07) is 3.37. The minimum Gasteiger partial charge on any atom is -0.305 e. The predicted molar refractivity (Wildman–Crippen MR) is 80.1 cm³/mol. The zero-order valence-corrected chi connectivity index (χ0v) is 12.3. The fourth-order valence-electron chi connectivity index (χ4n) is 2.06. The Morgan fingerprint density at radius 3 is 2.48 bits per heavy atom. The Morgan fingerprint density at radius 2 is 1.78 bits per heavy atom. The first-order valence-electron chi connectivity index (χ1n) is 6.53. The van der Waals surface area contributed by atoms with Gasteiger partial charge < -0.3 is 4.98 Å². The van der Waals surface area contributed by atoms with Gasteiger partial charge in [0, 0.05) is 36.1 Å². The maximum absolute atomic E-state index is 13.4. The topological polar surface area (TPSA) is 71.5 Å². The van der Waals surface area contributed by atoms with Crippen LogP contribution in [0.1, 0.15) is 11.4 Å². The highest BCUT2D eigenvalue weighted by molar-refractivity contribution is 6.30. The Morgan fingerprint density at radius 1 is 1.04 bits per heavy atom. The Balaban J connectivity index is 2.05. The van der Waals surface area contributed by atoms with Crippen LogP contribution in [0.15, 0.2) is 41.6 Å². The van der Waals surface area contributed by atoms with Gasteiger partial charge in [0.1, 0.15) is 5.82 Å². The van der Waals surface area contributed by atoms with Gasteiger partial charge in [0.15, 0.2) is 11.6 Å². The Hall–Kier alpha value is -2.67. The quantitative estimate of drug-likeness (QED) is 0.799. The highest BCUT2D eigenvalue weighted by Crippen LogP contribution is 2.23. The summed E-state index contributed by atoms with van der Waals surface area (Å²) in [7, 11) is 0. The van der Waals surface area contributed by atoms with Crippen molar-refractivity contribution in [1.82, 2.24) is 19.9 Å². The molecule has 0 aliphatic rings. The van der Waals surface area contributed by atoms with Crippen LogP contribution >= 0.6 is 11.6 Å². The molecular weight excluding hydrogens is 326 g/mol. The number of aromatic amines is 1. The van der Waals surface area contributed by atoms with E-state index >= 15 is 0 Å². The molecule has 5 nitrogen and oxygen atoms in total. The lowest BCUT2D eigenvalue weighted by molar-refractivity contribution is 0.509. The monoisotopic (exact) mass is 334 g/mol. The Bertz CT molecular complexity index is 912. The highest BCUT2D eigenvalue weighted by Gasteiger charge is 2.12. The largest absolute Gasteiger partial charge is 0.345 e. The van der Waals surface area contributed by atoms with Crippen molar-refractivity contribution < 1.29 is 8.78 Å². The van der Waals surface area contributed by atoms with Crippen LogP contribution in [0.4, 0.5) is 8.78 Å². The van der Waals surface area contributed by atoms with Crippen molar-refractivity contribution in [1.29, 1.82) is 0 Å². The number of rotatable bonds is 3. The molecule has 0 atom stereocenters. The van der Waals surface area contributed by atoms with Crippen LogP contribution in [0.2, 0.25) is 5.02 Å². The van der Waals surface area contributed by atoms with Crippen molar-refractivity contribution in [2.75, 3.05) is 0 Å². The zero-order valence-electron chi connectivity index (χ0n) is 11.6. The van der Waals surface area contributed by atoms with Gasteiger partial charge in [-0.05, 0) is 18.2 Å². The Kier molecular flexibility index (Phi) is 4.12. The number of benzene rings is 1. The van der Waals surface area contributed by atoms with Crippen LogP contribution in [-0.4, -0.2) is 19.9 Å². The first-order valence-corrected chi connectivity index (χ1v) is 6.91. The first kappa shape index (κ1) is 15.2. The number of H-pyrrole nitrogens is 1. The number of nitrogens with one attached hydrogen (secondary N) is 1. The third kappa shape index (κ3) is 3.40. The molecule has 0 aliphatic carbocycles. The summed E-state index contributed by atoms with van der Waals surface area (Å²) in [5.41, 5.74) is 0.637. The second-order valence-corrected chi connectivity index (χ2v) is 5.15. The maximum atomic E-state index is 13.4. The molecule has 3 aromatic rings. The summed E-state index contributed by atoms with van der Waals surface area (Å²) in [6.45, 7) is 0. The SMILES string of the molecule is O=c1ncc(Cc2ncc(Cl)cn2)c(-c2ccc(F)c(F)c2)[nH]1. The van der Waals surface area contributed by atoms with Crippen molar-refractivity contribution >= 4 is 11.6 Å². The number of aromatic nitrogens is 4. The van der Waals surface area contributed by atoms with E-state index in [9.17, 15) is 13.6 Å². The maximum Gasteiger partial charge on any atom is 0.345 e. The van der Waals surface area contributed by atoms with Gasteiger partial charge in [-0.1, -0.05) is 11.6 Å². The molecule has 0 aliphatic heterocycles. The van der Waals surface area contributed by atoms with Crippen LogP contribution in [0.25, 0.3) is 11.3 Å². The molecule has 0 fully saturated rings. The molecule has 0 radical (unpaired) electrons. The summed E-state index contributed by atoms with van der Waals surface area (Å²) in [6.07, 6.45) is 4.49. The molecule has 0 bridgehead atoms. The van der Waals surface area contributed by atoms with Crippen LogP contribution in [0.3, 0.4) is 0 Å². The average Bonchev–Trinajstić information content (AvgIpc) is 2.54. The van der Waals surface area contributed by atoms with E-state index in [2.05, 4.69) is 19.9 Å². The summed E-state index contributed by atoms with van der Waals surface area (Å²) in [5, 5.41) is 0.397. The van der Waals surface area contributed by atoms with Gasteiger partial charge in [0.25, 0.3) is 0 Å². The lowest BCUT2D eigenvalue weighted by atomic mass is 10.0. The van der Waals surface area contributed by atoms with E-state index in [-0.39, 0.29) is 6.42 Å². The zero-order chi connectivity index (χ0) is 16.4. The third-order valence-electron chi connectivity index (χ3n) is 3.12. The third-order valence-corrected chi connectivity index (χ3v) is 3.32. The van der Waals surface area contributed by atoms with Crippen molar-refractivity contribution in [3.63, 3.8) is 0 Å². The molecule has 23 heavy (non-hydrogen) atoms. The molecule has 0 amide bonds. The van der Waals surface area contributed by atoms with Crippen LogP contribution in [0.5, 0.6) is 0 Å². The lowest BCUT2D eigenvalue weighted by Gasteiger charge is -2.08. The second kappa shape index (κ2) is 6.21. The van der Waals surface area contributed by atoms with E-state index in [1.807, 2.05) is 0 Å². The van der Waals surface area contributed by atoms with E-state index in [0.717, 1.165) is 12.1 Å². The normalized spacial score (nSPS) is 10.7. The molecule has 116 valence electrons. The molecule has 0 spiro atoms. The van der Waals surface area contributed by atoms with E-state index in [4.69, 9.17) is 11.6 Å². The fraction of sp³-hybridized carbons (Fsp3) is 0.0667. The molecule has 8 heteroatoms. The summed E-state index contributed by atoms with van der Waals surface area (Å²) in [4.78, 5) is 25.8. The molecular formula is C15H9ClF2N4O. The van der Waals surface area contributed by atoms with Gasteiger partial charge in [-0.3, -0.25) is 0 Å². The minimum absolute atomic E-state index is 0.245. The van der Waals surface area contributed by atoms with Crippen molar-refractivity contribution in [3.05, 3.63) is 75.3 Å². The number of halogens is 3. The minimum atomic E-state index is -1.01. The van der Waals surface area contributed by atoms with Crippen molar-refractivity contribution in [3.8, 4) is 11.3 Å². The first-order chi connectivity index (χ1) is 11.0. The van der Waals surface area contributed by atoms with Gasteiger partial charge in [0.05, 0.1) is 10.7 Å². The molecule has 1 N–H and O–H groups in total. The number of hydrogen-bond acceptors (Lipinski definition) is 4. The molecule has 1 aromatic carbocycles. The van der Waals surface area contributed by atoms with Crippen LogP contribution < -0.4 is 5.69 Å².